The number of amides is 1. The molecule has 2 aromatic carbocycles. The van der Waals surface area contributed by atoms with Crippen molar-refractivity contribution < 1.29 is 19.0 Å². The van der Waals surface area contributed by atoms with E-state index in [9.17, 15) is 9.59 Å². The molecule has 0 spiro atoms. The van der Waals surface area contributed by atoms with Crippen LogP contribution in [0.25, 0.3) is 10.9 Å². The van der Waals surface area contributed by atoms with Gasteiger partial charge in [0.25, 0.3) is 5.56 Å². The molecular formula is C24H29N5O5. The Kier molecular flexibility index (Phi) is 7.71. The van der Waals surface area contributed by atoms with Gasteiger partial charge in [0, 0.05) is 19.6 Å². The SMILES string of the molecule is CCOc1ccc(C(CNC(=O)Cn2nnc3ccccc3c2=O)N2CCOCC2)cc1OC. The van der Waals surface area contributed by atoms with E-state index in [0.717, 1.165) is 23.3 Å². The molecule has 1 fully saturated rings. The van der Waals surface area contributed by atoms with E-state index >= 15 is 0 Å². The molecule has 1 aromatic heterocycles. The van der Waals surface area contributed by atoms with Crippen LogP contribution >= 0.6 is 0 Å². The third-order valence-electron chi connectivity index (χ3n) is 5.77. The number of hydrogen-bond acceptors (Lipinski definition) is 8. The van der Waals surface area contributed by atoms with E-state index in [-0.39, 0.29) is 24.1 Å². The Morgan fingerprint density at radius 2 is 1.97 bits per heavy atom. The molecule has 1 amide bonds. The summed E-state index contributed by atoms with van der Waals surface area (Å²) < 4.78 is 17.8. The summed E-state index contributed by atoms with van der Waals surface area (Å²) in [5.41, 5.74) is 1.15. The number of fused-ring (bicyclic) bond motifs is 1. The van der Waals surface area contributed by atoms with Crippen LogP contribution in [0.5, 0.6) is 11.5 Å². The summed E-state index contributed by atoms with van der Waals surface area (Å²) in [6, 6.07) is 12.6. The summed E-state index contributed by atoms with van der Waals surface area (Å²) in [6.45, 7) is 5.34. The minimum Gasteiger partial charge on any atom is -0.493 e. The Hall–Kier alpha value is -3.50. The van der Waals surface area contributed by atoms with Crippen LogP contribution in [-0.2, 0) is 16.1 Å². The highest BCUT2D eigenvalue weighted by molar-refractivity contribution is 5.78. The first-order chi connectivity index (χ1) is 16.6. The van der Waals surface area contributed by atoms with Crippen molar-refractivity contribution in [2.45, 2.75) is 19.5 Å². The number of nitrogens with one attached hydrogen (secondary N) is 1. The van der Waals surface area contributed by atoms with Gasteiger partial charge in [-0.05, 0) is 36.8 Å². The van der Waals surface area contributed by atoms with Gasteiger partial charge in [-0.3, -0.25) is 14.5 Å². The third kappa shape index (κ3) is 5.35. The van der Waals surface area contributed by atoms with Crippen molar-refractivity contribution in [1.29, 1.82) is 0 Å². The molecule has 1 unspecified atom stereocenters. The first-order valence-corrected chi connectivity index (χ1v) is 11.3. The number of hydrogen-bond donors (Lipinski definition) is 1. The zero-order valence-electron chi connectivity index (χ0n) is 19.4. The first kappa shape index (κ1) is 23.7. The Labute approximate surface area is 197 Å². The van der Waals surface area contributed by atoms with E-state index in [1.807, 2.05) is 25.1 Å². The van der Waals surface area contributed by atoms with Crippen molar-refractivity contribution >= 4 is 16.8 Å². The summed E-state index contributed by atoms with van der Waals surface area (Å²) >= 11 is 0. The fraction of sp³-hybridized carbons (Fsp3) is 0.417. The van der Waals surface area contributed by atoms with Gasteiger partial charge in [0.1, 0.15) is 12.1 Å². The monoisotopic (exact) mass is 467 g/mol. The second-order valence-electron chi connectivity index (χ2n) is 7.88. The van der Waals surface area contributed by atoms with Gasteiger partial charge in [0.2, 0.25) is 5.91 Å². The van der Waals surface area contributed by atoms with Gasteiger partial charge in [0.15, 0.2) is 11.5 Å². The smallest absolute Gasteiger partial charge is 0.278 e. The lowest BCUT2D eigenvalue weighted by Gasteiger charge is -2.35. The summed E-state index contributed by atoms with van der Waals surface area (Å²) in [6.07, 6.45) is 0. The first-order valence-electron chi connectivity index (χ1n) is 11.3. The maximum Gasteiger partial charge on any atom is 0.278 e. The summed E-state index contributed by atoms with van der Waals surface area (Å²) in [4.78, 5) is 27.7. The topological polar surface area (TPSA) is 108 Å². The zero-order valence-corrected chi connectivity index (χ0v) is 19.4. The summed E-state index contributed by atoms with van der Waals surface area (Å²) in [5, 5.41) is 11.3. The molecule has 1 aliphatic heterocycles. The standard InChI is InChI=1S/C24H29N5O5/c1-3-34-21-9-8-17(14-22(21)32-2)20(28-10-12-33-13-11-28)15-25-23(30)16-29-24(31)18-6-4-5-7-19(18)26-27-29/h4-9,14,20H,3,10-13,15-16H2,1-2H3,(H,25,30). The minimum absolute atomic E-state index is 0.100. The van der Waals surface area contributed by atoms with Gasteiger partial charge in [-0.2, -0.15) is 0 Å². The van der Waals surface area contributed by atoms with Crippen LogP contribution < -0.4 is 20.3 Å². The van der Waals surface area contributed by atoms with E-state index in [0.29, 0.717) is 48.8 Å². The number of rotatable bonds is 9. The highest BCUT2D eigenvalue weighted by atomic mass is 16.5. The molecule has 4 rings (SSSR count). The maximum absolute atomic E-state index is 12.8. The number of ether oxygens (including phenoxy) is 3. The lowest BCUT2D eigenvalue weighted by molar-refractivity contribution is -0.122. The number of methoxy groups -OCH3 is 1. The van der Waals surface area contributed by atoms with E-state index in [1.54, 1.807) is 31.4 Å². The second-order valence-corrected chi connectivity index (χ2v) is 7.88. The molecule has 10 nitrogen and oxygen atoms in total. The normalized spacial score (nSPS) is 15.1. The Morgan fingerprint density at radius 1 is 1.18 bits per heavy atom. The van der Waals surface area contributed by atoms with Crippen LogP contribution in [0.3, 0.4) is 0 Å². The summed E-state index contributed by atoms with van der Waals surface area (Å²) in [5.74, 6) is 0.998. The average Bonchev–Trinajstić information content (AvgIpc) is 2.87. The molecule has 3 aromatic rings. The molecule has 1 aliphatic rings. The zero-order chi connectivity index (χ0) is 23.9. The molecular weight excluding hydrogens is 438 g/mol. The molecule has 10 heteroatoms. The molecule has 34 heavy (non-hydrogen) atoms. The van der Waals surface area contributed by atoms with Gasteiger partial charge < -0.3 is 19.5 Å². The van der Waals surface area contributed by atoms with Crippen molar-refractivity contribution in [3.05, 3.63) is 58.4 Å². The minimum atomic E-state index is -0.346. The molecule has 0 aliphatic carbocycles. The lowest BCUT2D eigenvalue weighted by Crippen LogP contribution is -2.44. The van der Waals surface area contributed by atoms with Crippen LogP contribution in [0, 0.1) is 0 Å². The predicted octanol–water partition coefficient (Wildman–Crippen LogP) is 1.39. The van der Waals surface area contributed by atoms with Crippen LogP contribution in [0.2, 0.25) is 0 Å². The molecule has 1 N–H and O–H groups in total. The van der Waals surface area contributed by atoms with Crippen molar-refractivity contribution in [2.75, 3.05) is 46.6 Å². The van der Waals surface area contributed by atoms with Crippen molar-refractivity contribution in [3.8, 4) is 11.5 Å². The molecule has 180 valence electrons. The predicted molar refractivity (Wildman–Crippen MR) is 126 cm³/mol. The van der Waals surface area contributed by atoms with Gasteiger partial charge in [-0.1, -0.05) is 23.4 Å². The van der Waals surface area contributed by atoms with Crippen molar-refractivity contribution in [2.24, 2.45) is 0 Å². The highest BCUT2D eigenvalue weighted by Gasteiger charge is 2.24. The third-order valence-corrected chi connectivity index (χ3v) is 5.77. The number of carbonyl (C=O) groups excluding carboxylic acids is 1. The summed E-state index contributed by atoms with van der Waals surface area (Å²) in [7, 11) is 1.61. The highest BCUT2D eigenvalue weighted by Crippen LogP contribution is 2.32. The Bertz CT molecular complexity index is 1190. The average molecular weight is 468 g/mol. The van der Waals surface area contributed by atoms with Crippen molar-refractivity contribution in [1.82, 2.24) is 25.2 Å². The fourth-order valence-corrected chi connectivity index (χ4v) is 4.04. The maximum atomic E-state index is 12.8. The van der Waals surface area contributed by atoms with Crippen LogP contribution in [0.1, 0.15) is 18.5 Å². The largest absolute Gasteiger partial charge is 0.493 e. The number of nitrogens with zero attached hydrogens (tertiary/aromatic N) is 4. The Morgan fingerprint density at radius 3 is 2.74 bits per heavy atom. The van der Waals surface area contributed by atoms with E-state index in [1.165, 1.54) is 0 Å². The molecule has 0 saturated carbocycles. The number of benzene rings is 2. The quantitative estimate of drug-likeness (QED) is 0.503. The molecule has 1 saturated heterocycles. The second kappa shape index (κ2) is 11.1. The van der Waals surface area contributed by atoms with Gasteiger partial charge in [0.05, 0.1) is 38.4 Å². The van der Waals surface area contributed by atoms with Crippen LogP contribution in [0.4, 0.5) is 0 Å². The van der Waals surface area contributed by atoms with E-state index in [2.05, 4.69) is 20.5 Å². The molecule has 1 atom stereocenters. The van der Waals surface area contributed by atoms with E-state index in [4.69, 9.17) is 14.2 Å². The van der Waals surface area contributed by atoms with E-state index < -0.39 is 0 Å². The van der Waals surface area contributed by atoms with Gasteiger partial charge in [-0.25, -0.2) is 4.68 Å². The Balaban J connectivity index is 1.50. The number of aromatic nitrogens is 3. The van der Waals surface area contributed by atoms with Crippen LogP contribution in [-0.4, -0.2) is 72.4 Å². The lowest BCUT2D eigenvalue weighted by atomic mass is 10.0. The fourth-order valence-electron chi connectivity index (χ4n) is 4.04. The number of carbonyl (C=O) groups is 1. The number of morpholine rings is 1. The van der Waals surface area contributed by atoms with Gasteiger partial charge in [-0.15, -0.1) is 5.10 Å². The van der Waals surface area contributed by atoms with Crippen molar-refractivity contribution in [3.63, 3.8) is 0 Å². The molecule has 0 bridgehead atoms. The molecule has 0 radical (unpaired) electrons. The van der Waals surface area contributed by atoms with Crippen LogP contribution in [0.15, 0.2) is 47.3 Å². The van der Waals surface area contributed by atoms with Gasteiger partial charge >= 0.3 is 0 Å². The molecule has 2 heterocycles.